The minimum absolute atomic E-state index is 0.0239. The van der Waals surface area contributed by atoms with Crippen LogP contribution in [0.4, 0.5) is 10.5 Å². The van der Waals surface area contributed by atoms with Gasteiger partial charge in [-0.15, -0.1) is 0 Å². The molecule has 1 aromatic rings. The summed E-state index contributed by atoms with van der Waals surface area (Å²) in [6, 6.07) is 5.83. The molecule has 1 heterocycles. The number of carbonyl (C=O) groups is 4. The highest BCUT2D eigenvalue weighted by Crippen LogP contribution is 2.38. The van der Waals surface area contributed by atoms with E-state index < -0.39 is 30.0 Å². The van der Waals surface area contributed by atoms with Crippen molar-refractivity contribution < 1.29 is 23.9 Å². The van der Waals surface area contributed by atoms with E-state index in [9.17, 15) is 19.2 Å². The zero-order chi connectivity index (χ0) is 19.6. The summed E-state index contributed by atoms with van der Waals surface area (Å²) in [7, 11) is 1.25. The minimum Gasteiger partial charge on any atom is -0.465 e. The van der Waals surface area contributed by atoms with Crippen LogP contribution in [0.1, 0.15) is 43.0 Å². The maximum Gasteiger partial charge on any atom is 0.339 e. The highest BCUT2D eigenvalue weighted by Gasteiger charge is 2.55. The molecule has 1 spiro atoms. The molecule has 0 radical (unpaired) electrons. The number of esters is 1. The van der Waals surface area contributed by atoms with Gasteiger partial charge in [-0.05, 0) is 30.9 Å². The number of urea groups is 1. The summed E-state index contributed by atoms with van der Waals surface area (Å²) >= 11 is 0. The normalized spacial score (nSPS) is 24.7. The zero-order valence-corrected chi connectivity index (χ0v) is 15.4. The standard InChI is InChI=1S/C19H23N3O5/c1-12-7-5-6-10-19(12)17(25)22(18(26)21-19)11-15(23)20-14-9-4-3-8-13(14)16(24)27-2/h3-4,8-9,12H,5-7,10-11H2,1-2H3,(H,20,23)(H,21,26)/t12-,19+/m0/s1. The second-order valence-corrected chi connectivity index (χ2v) is 7.02. The van der Waals surface area contributed by atoms with E-state index >= 15 is 0 Å². The van der Waals surface area contributed by atoms with Gasteiger partial charge in [-0.1, -0.05) is 31.9 Å². The van der Waals surface area contributed by atoms with E-state index in [-0.39, 0.29) is 23.1 Å². The molecule has 8 heteroatoms. The molecule has 8 nitrogen and oxygen atoms in total. The predicted octanol–water partition coefficient (Wildman–Crippen LogP) is 1.91. The average molecular weight is 373 g/mol. The highest BCUT2D eigenvalue weighted by atomic mass is 16.5. The third kappa shape index (κ3) is 3.39. The molecule has 0 bridgehead atoms. The number of benzene rings is 1. The quantitative estimate of drug-likeness (QED) is 0.620. The lowest BCUT2D eigenvalue weighted by atomic mass is 9.73. The fraction of sp³-hybridized carbons (Fsp3) is 0.474. The van der Waals surface area contributed by atoms with E-state index in [1.807, 2.05) is 6.92 Å². The van der Waals surface area contributed by atoms with Gasteiger partial charge in [0.1, 0.15) is 12.1 Å². The number of rotatable bonds is 4. The second-order valence-electron chi connectivity index (χ2n) is 7.02. The van der Waals surface area contributed by atoms with E-state index in [1.165, 1.54) is 13.2 Å². The molecule has 1 saturated carbocycles. The first kappa shape index (κ1) is 18.9. The Kier molecular flexibility index (Phi) is 5.16. The monoisotopic (exact) mass is 373 g/mol. The number of ether oxygens (including phenoxy) is 1. The van der Waals surface area contributed by atoms with E-state index in [0.717, 1.165) is 24.2 Å². The SMILES string of the molecule is COC(=O)c1ccccc1NC(=O)CN1C(=O)N[C@@]2(CCCC[C@@H]2C)C1=O. The van der Waals surface area contributed by atoms with Crippen LogP contribution >= 0.6 is 0 Å². The van der Waals surface area contributed by atoms with Gasteiger partial charge < -0.3 is 15.4 Å². The molecule has 2 atom stereocenters. The molecule has 3 rings (SSSR count). The van der Waals surface area contributed by atoms with Crippen LogP contribution < -0.4 is 10.6 Å². The summed E-state index contributed by atoms with van der Waals surface area (Å²) in [6.45, 7) is 1.54. The molecule has 2 N–H and O–H groups in total. The summed E-state index contributed by atoms with van der Waals surface area (Å²) in [5, 5.41) is 5.39. The summed E-state index contributed by atoms with van der Waals surface area (Å²) in [6.07, 6.45) is 3.33. The first-order valence-electron chi connectivity index (χ1n) is 9.00. The molecule has 1 aliphatic heterocycles. The number of carbonyl (C=O) groups excluding carboxylic acids is 4. The van der Waals surface area contributed by atoms with Gasteiger partial charge in [0.15, 0.2) is 0 Å². The van der Waals surface area contributed by atoms with E-state index in [2.05, 4.69) is 10.6 Å². The molecule has 2 aliphatic rings. The Hall–Kier alpha value is -2.90. The van der Waals surface area contributed by atoms with E-state index in [4.69, 9.17) is 4.74 Å². The summed E-state index contributed by atoms with van der Waals surface area (Å²) in [5.74, 6) is -1.47. The Balaban J connectivity index is 1.73. The Bertz CT molecular complexity index is 793. The van der Waals surface area contributed by atoms with Crippen LogP contribution in [0.2, 0.25) is 0 Å². The largest absolute Gasteiger partial charge is 0.465 e. The van der Waals surface area contributed by atoms with Gasteiger partial charge in [-0.25, -0.2) is 9.59 Å². The van der Waals surface area contributed by atoms with Crippen molar-refractivity contribution in [3.8, 4) is 0 Å². The maximum absolute atomic E-state index is 12.9. The third-order valence-electron chi connectivity index (χ3n) is 5.41. The molecule has 0 aromatic heterocycles. The molecule has 1 aliphatic carbocycles. The van der Waals surface area contributed by atoms with Crippen molar-refractivity contribution in [2.24, 2.45) is 5.92 Å². The number of para-hydroxylation sites is 1. The van der Waals surface area contributed by atoms with Crippen molar-refractivity contribution in [1.29, 1.82) is 0 Å². The molecule has 1 saturated heterocycles. The van der Waals surface area contributed by atoms with Crippen LogP contribution in [0.15, 0.2) is 24.3 Å². The maximum atomic E-state index is 12.9. The lowest BCUT2D eigenvalue weighted by Crippen LogP contribution is -2.54. The van der Waals surface area contributed by atoms with Crippen LogP contribution in [0.3, 0.4) is 0 Å². The number of imide groups is 1. The van der Waals surface area contributed by atoms with E-state index in [1.54, 1.807) is 18.2 Å². The summed E-state index contributed by atoms with van der Waals surface area (Å²) in [4.78, 5) is 50.4. The molecule has 2 fully saturated rings. The Morgan fingerprint density at radius 1 is 1.30 bits per heavy atom. The van der Waals surface area contributed by atoms with Gasteiger partial charge in [0.25, 0.3) is 5.91 Å². The number of methoxy groups -OCH3 is 1. The van der Waals surface area contributed by atoms with Gasteiger partial charge in [-0.2, -0.15) is 0 Å². The van der Waals surface area contributed by atoms with Crippen molar-refractivity contribution in [3.05, 3.63) is 29.8 Å². The second kappa shape index (κ2) is 7.38. The van der Waals surface area contributed by atoms with Crippen LogP contribution in [-0.2, 0) is 14.3 Å². The summed E-state index contributed by atoms with van der Waals surface area (Å²) < 4.78 is 4.69. The highest BCUT2D eigenvalue weighted by molar-refractivity contribution is 6.11. The molecule has 144 valence electrons. The van der Waals surface area contributed by atoms with Gasteiger partial charge in [0.05, 0.1) is 18.4 Å². The molecule has 0 unspecified atom stereocenters. The third-order valence-corrected chi connectivity index (χ3v) is 5.41. The molecular weight excluding hydrogens is 350 g/mol. The first-order valence-corrected chi connectivity index (χ1v) is 9.00. The van der Waals surface area contributed by atoms with Crippen molar-refractivity contribution in [2.75, 3.05) is 19.0 Å². The molecule has 4 amide bonds. The minimum atomic E-state index is -0.903. The zero-order valence-electron chi connectivity index (χ0n) is 15.4. The molecule has 27 heavy (non-hydrogen) atoms. The first-order chi connectivity index (χ1) is 12.9. The summed E-state index contributed by atoms with van der Waals surface area (Å²) in [5.41, 5.74) is -0.440. The number of hydrogen-bond donors (Lipinski definition) is 2. The Morgan fingerprint density at radius 2 is 2.04 bits per heavy atom. The fourth-order valence-electron chi connectivity index (χ4n) is 3.85. The van der Waals surface area contributed by atoms with Crippen molar-refractivity contribution in [1.82, 2.24) is 10.2 Å². The van der Waals surface area contributed by atoms with Crippen LogP contribution in [-0.4, -0.2) is 47.9 Å². The van der Waals surface area contributed by atoms with Gasteiger partial charge >= 0.3 is 12.0 Å². The predicted molar refractivity (Wildman–Crippen MR) is 97.0 cm³/mol. The van der Waals surface area contributed by atoms with Crippen molar-refractivity contribution in [2.45, 2.75) is 38.1 Å². The van der Waals surface area contributed by atoms with Crippen molar-refractivity contribution in [3.63, 3.8) is 0 Å². The topological polar surface area (TPSA) is 105 Å². The van der Waals surface area contributed by atoms with Gasteiger partial charge in [-0.3, -0.25) is 14.5 Å². The lowest BCUT2D eigenvalue weighted by Gasteiger charge is -2.36. The fourth-order valence-corrected chi connectivity index (χ4v) is 3.85. The molecular formula is C19H23N3O5. The molecule has 1 aromatic carbocycles. The van der Waals surface area contributed by atoms with E-state index in [0.29, 0.717) is 6.42 Å². The van der Waals surface area contributed by atoms with Crippen LogP contribution in [0.25, 0.3) is 0 Å². The van der Waals surface area contributed by atoms with Gasteiger partial charge in [0.2, 0.25) is 5.91 Å². The number of hydrogen-bond acceptors (Lipinski definition) is 5. The number of anilines is 1. The van der Waals surface area contributed by atoms with Crippen LogP contribution in [0, 0.1) is 5.92 Å². The van der Waals surface area contributed by atoms with Gasteiger partial charge in [0, 0.05) is 0 Å². The van der Waals surface area contributed by atoms with Crippen LogP contribution in [0.5, 0.6) is 0 Å². The lowest BCUT2D eigenvalue weighted by molar-refractivity contribution is -0.136. The number of amides is 4. The smallest absolute Gasteiger partial charge is 0.339 e. The van der Waals surface area contributed by atoms with Crippen molar-refractivity contribution >= 4 is 29.5 Å². The average Bonchev–Trinajstić information content (AvgIpc) is 2.89. The number of nitrogens with zero attached hydrogens (tertiary/aromatic N) is 1. The Morgan fingerprint density at radius 3 is 2.74 bits per heavy atom. The number of nitrogens with one attached hydrogen (secondary N) is 2. The Labute approximate surface area is 157 Å².